The summed E-state index contributed by atoms with van der Waals surface area (Å²) in [4.78, 5) is 24.3. The van der Waals surface area contributed by atoms with Gasteiger partial charge in [-0.2, -0.15) is 4.31 Å². The smallest absolute Gasteiger partial charge is 0.322 e. The fraction of sp³-hybridized carbons (Fsp3) is 0.462. The van der Waals surface area contributed by atoms with Crippen molar-refractivity contribution in [2.75, 3.05) is 18.8 Å². The van der Waals surface area contributed by atoms with Crippen LogP contribution in [-0.4, -0.2) is 48.8 Å². The molecular formula is C26H37N3O5S. The Kier molecular flexibility index (Phi) is 10.7. The molecule has 8 nitrogen and oxygen atoms in total. The summed E-state index contributed by atoms with van der Waals surface area (Å²) in [5.74, 6) is -1.31. The van der Waals surface area contributed by atoms with E-state index in [0.717, 1.165) is 15.4 Å². The number of carboxylic acid groups (broad SMARTS) is 1. The first-order valence-electron chi connectivity index (χ1n) is 11.9. The zero-order chi connectivity index (χ0) is 26.0. The third-order valence-electron chi connectivity index (χ3n) is 5.77. The molecule has 0 fully saturated rings. The molecule has 0 saturated carbocycles. The van der Waals surface area contributed by atoms with E-state index >= 15 is 0 Å². The molecule has 35 heavy (non-hydrogen) atoms. The molecule has 0 radical (unpaired) electrons. The highest BCUT2D eigenvalue weighted by atomic mass is 32.2. The van der Waals surface area contributed by atoms with Crippen molar-refractivity contribution in [2.45, 2.75) is 63.8 Å². The second-order valence-electron chi connectivity index (χ2n) is 9.16. The summed E-state index contributed by atoms with van der Waals surface area (Å²) in [6, 6.07) is 12.5. The molecule has 0 aliphatic rings. The summed E-state index contributed by atoms with van der Waals surface area (Å²) in [5, 5.41) is 12.7. The van der Waals surface area contributed by atoms with Crippen LogP contribution in [0.2, 0.25) is 0 Å². The Hall–Kier alpha value is -2.91. The van der Waals surface area contributed by atoms with E-state index in [1.807, 2.05) is 45.0 Å². The number of nitrogens with one attached hydrogen (secondary N) is 1. The highest BCUT2D eigenvalue weighted by Gasteiger charge is 2.35. The molecular weight excluding hydrogens is 466 g/mol. The van der Waals surface area contributed by atoms with Crippen LogP contribution in [0.1, 0.15) is 50.7 Å². The Morgan fingerprint density at radius 2 is 1.71 bits per heavy atom. The number of aryl methyl sites for hydroxylation is 2. The highest BCUT2D eigenvalue weighted by Crippen LogP contribution is 2.23. The topological polar surface area (TPSA) is 130 Å². The molecule has 4 N–H and O–H groups in total. The van der Waals surface area contributed by atoms with Crippen molar-refractivity contribution >= 4 is 27.6 Å². The maximum Gasteiger partial charge on any atom is 0.322 e. The largest absolute Gasteiger partial charge is 0.480 e. The first-order chi connectivity index (χ1) is 16.5. The minimum Gasteiger partial charge on any atom is -0.480 e. The van der Waals surface area contributed by atoms with E-state index in [0.29, 0.717) is 37.9 Å². The number of carbonyl (C=O) groups excluding carboxylic acids is 1. The second-order valence-corrected chi connectivity index (χ2v) is 11.1. The van der Waals surface area contributed by atoms with Gasteiger partial charge in [-0.1, -0.05) is 38.1 Å². The van der Waals surface area contributed by atoms with Gasteiger partial charge in [0.25, 0.3) is 0 Å². The molecule has 0 heterocycles. The molecule has 0 aromatic heterocycles. The van der Waals surface area contributed by atoms with Gasteiger partial charge in [-0.15, -0.1) is 0 Å². The van der Waals surface area contributed by atoms with Crippen molar-refractivity contribution in [3.63, 3.8) is 0 Å². The molecule has 0 saturated heterocycles. The van der Waals surface area contributed by atoms with E-state index in [2.05, 4.69) is 5.32 Å². The lowest BCUT2D eigenvalue weighted by Crippen LogP contribution is -2.46. The van der Waals surface area contributed by atoms with E-state index in [-0.39, 0.29) is 29.7 Å². The third-order valence-corrected chi connectivity index (χ3v) is 7.66. The fourth-order valence-electron chi connectivity index (χ4n) is 3.84. The number of hydrogen-bond acceptors (Lipinski definition) is 5. The number of hydrogen-bond donors (Lipinski definition) is 3. The van der Waals surface area contributed by atoms with Gasteiger partial charge in [0.2, 0.25) is 15.9 Å². The molecule has 1 atom stereocenters. The molecule has 192 valence electrons. The maximum atomic E-state index is 13.3. The summed E-state index contributed by atoms with van der Waals surface area (Å²) in [7, 11) is -4.02. The van der Waals surface area contributed by atoms with Crippen LogP contribution in [0.5, 0.6) is 0 Å². The van der Waals surface area contributed by atoms with Gasteiger partial charge >= 0.3 is 5.97 Å². The summed E-state index contributed by atoms with van der Waals surface area (Å²) >= 11 is 0. The SMILES string of the molecule is Cc1ccccc1CCC(=O)NCCCC[C@@H](C(=O)O)N(CC(C)C)S(=O)(=O)c1ccc(N)cc1. The van der Waals surface area contributed by atoms with Crippen LogP contribution in [0.3, 0.4) is 0 Å². The van der Waals surface area contributed by atoms with Crippen LogP contribution in [0.4, 0.5) is 5.69 Å². The number of nitrogens with two attached hydrogens (primary N) is 1. The Morgan fingerprint density at radius 1 is 1.06 bits per heavy atom. The van der Waals surface area contributed by atoms with Gasteiger partial charge in [-0.25, -0.2) is 8.42 Å². The molecule has 0 aliphatic heterocycles. The monoisotopic (exact) mass is 503 g/mol. The minimum atomic E-state index is -4.02. The van der Waals surface area contributed by atoms with Crippen molar-refractivity contribution in [3.8, 4) is 0 Å². The molecule has 0 bridgehead atoms. The lowest BCUT2D eigenvalue weighted by Gasteiger charge is -2.29. The highest BCUT2D eigenvalue weighted by molar-refractivity contribution is 7.89. The van der Waals surface area contributed by atoms with Gasteiger partial charge in [0.05, 0.1) is 4.90 Å². The van der Waals surface area contributed by atoms with Crippen molar-refractivity contribution in [1.82, 2.24) is 9.62 Å². The standard InChI is InChI=1S/C26H37N3O5S/c1-19(2)18-29(35(33,34)23-14-12-22(27)13-15-23)24(26(31)32)10-6-7-17-28-25(30)16-11-21-9-5-4-8-20(21)3/h4-5,8-9,12-15,19,24H,6-7,10-11,16-18,27H2,1-3H3,(H,28,30)(H,31,32)/t24-/m0/s1. The zero-order valence-electron chi connectivity index (χ0n) is 20.7. The molecule has 0 aliphatic carbocycles. The number of nitrogen functional groups attached to an aromatic ring is 1. The van der Waals surface area contributed by atoms with Crippen LogP contribution >= 0.6 is 0 Å². The zero-order valence-corrected chi connectivity index (χ0v) is 21.6. The predicted octanol–water partition coefficient (Wildman–Crippen LogP) is 3.60. The van der Waals surface area contributed by atoms with E-state index in [9.17, 15) is 23.1 Å². The summed E-state index contributed by atoms with van der Waals surface area (Å²) in [6.07, 6.45) is 2.20. The fourth-order valence-corrected chi connectivity index (χ4v) is 5.61. The average molecular weight is 504 g/mol. The number of carbonyl (C=O) groups is 2. The van der Waals surface area contributed by atoms with Crippen LogP contribution in [0.25, 0.3) is 0 Å². The number of anilines is 1. The summed E-state index contributed by atoms with van der Waals surface area (Å²) in [6.45, 7) is 6.20. The molecule has 0 unspecified atom stereocenters. The lowest BCUT2D eigenvalue weighted by molar-refractivity contribution is -0.142. The van der Waals surface area contributed by atoms with Crippen molar-refractivity contribution in [2.24, 2.45) is 5.92 Å². The number of aliphatic carboxylic acids is 1. The first kappa shape index (κ1) is 28.3. The molecule has 9 heteroatoms. The number of unbranched alkanes of at least 4 members (excludes halogenated alkanes) is 1. The molecule has 2 rings (SSSR count). The Bertz CT molecular complexity index is 1080. The third kappa shape index (κ3) is 8.67. The Labute approximate surface area is 208 Å². The number of nitrogens with zero attached hydrogens (tertiary/aromatic N) is 1. The lowest BCUT2D eigenvalue weighted by atomic mass is 10.0. The van der Waals surface area contributed by atoms with Crippen LogP contribution in [0, 0.1) is 12.8 Å². The quantitative estimate of drug-likeness (QED) is 0.267. The second kappa shape index (κ2) is 13.3. The van der Waals surface area contributed by atoms with Crippen LogP contribution in [-0.2, 0) is 26.0 Å². The summed E-state index contributed by atoms with van der Waals surface area (Å²) in [5.41, 5.74) is 8.39. The van der Waals surface area contributed by atoms with Gasteiger partial charge in [0.1, 0.15) is 6.04 Å². The van der Waals surface area contributed by atoms with Gasteiger partial charge in [-0.3, -0.25) is 9.59 Å². The van der Waals surface area contributed by atoms with Gasteiger partial charge in [0, 0.05) is 25.2 Å². The van der Waals surface area contributed by atoms with E-state index < -0.39 is 22.0 Å². The average Bonchev–Trinajstić information content (AvgIpc) is 2.79. The molecule has 1 amide bonds. The molecule has 2 aromatic carbocycles. The normalized spacial score (nSPS) is 12.6. The summed E-state index contributed by atoms with van der Waals surface area (Å²) < 4.78 is 27.6. The van der Waals surface area contributed by atoms with Crippen molar-refractivity contribution in [1.29, 1.82) is 0 Å². The van der Waals surface area contributed by atoms with Gasteiger partial charge in [-0.05, 0) is 73.9 Å². The first-order valence-corrected chi connectivity index (χ1v) is 13.4. The van der Waals surface area contributed by atoms with Gasteiger partial charge in [0.15, 0.2) is 0 Å². The van der Waals surface area contributed by atoms with E-state index in [4.69, 9.17) is 5.73 Å². The Balaban J connectivity index is 1.93. The molecule has 0 spiro atoms. The maximum absolute atomic E-state index is 13.3. The van der Waals surface area contributed by atoms with E-state index in [1.165, 1.54) is 24.3 Å². The molecule has 2 aromatic rings. The Morgan fingerprint density at radius 3 is 2.31 bits per heavy atom. The minimum absolute atomic E-state index is 0.0134. The van der Waals surface area contributed by atoms with Crippen molar-refractivity contribution in [3.05, 3.63) is 59.7 Å². The van der Waals surface area contributed by atoms with E-state index in [1.54, 1.807) is 0 Å². The number of amides is 1. The number of rotatable bonds is 14. The van der Waals surface area contributed by atoms with Crippen LogP contribution < -0.4 is 11.1 Å². The van der Waals surface area contributed by atoms with Gasteiger partial charge < -0.3 is 16.2 Å². The van der Waals surface area contributed by atoms with Crippen LogP contribution in [0.15, 0.2) is 53.4 Å². The van der Waals surface area contributed by atoms with Crippen molar-refractivity contribution < 1.29 is 23.1 Å². The number of sulfonamides is 1. The predicted molar refractivity (Wildman–Crippen MR) is 137 cm³/mol. The number of carboxylic acids is 1. The number of benzene rings is 2.